The van der Waals surface area contributed by atoms with Crippen molar-refractivity contribution >= 4 is 35.8 Å². The summed E-state index contributed by atoms with van der Waals surface area (Å²) >= 11 is 0. The van der Waals surface area contributed by atoms with E-state index in [2.05, 4.69) is 20.5 Å². The van der Waals surface area contributed by atoms with Gasteiger partial charge in [-0.25, -0.2) is 9.38 Å². The Morgan fingerprint density at radius 2 is 1.89 bits per heavy atom. The molecule has 1 aliphatic rings. The molecule has 158 valence electrons. The van der Waals surface area contributed by atoms with Crippen molar-refractivity contribution in [1.82, 2.24) is 20.4 Å². The van der Waals surface area contributed by atoms with Crippen molar-refractivity contribution in [2.24, 2.45) is 4.99 Å². The van der Waals surface area contributed by atoms with E-state index in [1.807, 2.05) is 6.07 Å². The second kappa shape index (κ2) is 13.7. The zero-order valence-corrected chi connectivity index (χ0v) is 18.9. The van der Waals surface area contributed by atoms with Crippen LogP contribution in [0.15, 0.2) is 29.3 Å². The Labute approximate surface area is 183 Å². The van der Waals surface area contributed by atoms with Crippen LogP contribution in [0.25, 0.3) is 0 Å². The normalized spacial score (nSPS) is 14.9. The molecule has 0 bridgehead atoms. The van der Waals surface area contributed by atoms with Gasteiger partial charge in [0.25, 0.3) is 0 Å². The van der Waals surface area contributed by atoms with Gasteiger partial charge in [0.1, 0.15) is 12.4 Å². The van der Waals surface area contributed by atoms with Crippen LogP contribution in [0, 0.1) is 5.82 Å². The summed E-state index contributed by atoms with van der Waals surface area (Å²) in [6.45, 7) is 5.56. The van der Waals surface area contributed by atoms with Crippen molar-refractivity contribution in [2.75, 3.05) is 66.6 Å². The molecule has 0 saturated carbocycles. The number of hydrogen-bond donors (Lipinski definition) is 2. The quantitative estimate of drug-likeness (QED) is 0.312. The molecule has 0 radical (unpaired) electrons. The number of ether oxygens (including phenoxy) is 1. The number of guanidine groups is 1. The van der Waals surface area contributed by atoms with Gasteiger partial charge in [-0.15, -0.1) is 24.0 Å². The minimum atomic E-state index is -0.208. The minimum Gasteiger partial charge on any atom is -0.379 e. The van der Waals surface area contributed by atoms with E-state index in [9.17, 15) is 9.18 Å². The number of benzene rings is 1. The first-order valence-electron chi connectivity index (χ1n) is 9.32. The van der Waals surface area contributed by atoms with Crippen molar-refractivity contribution in [3.8, 4) is 0 Å². The van der Waals surface area contributed by atoms with Gasteiger partial charge in [-0.2, -0.15) is 0 Å². The molecule has 0 atom stereocenters. The van der Waals surface area contributed by atoms with Crippen molar-refractivity contribution in [1.29, 1.82) is 0 Å². The van der Waals surface area contributed by atoms with Crippen LogP contribution in [0.5, 0.6) is 0 Å². The first-order valence-corrected chi connectivity index (χ1v) is 9.32. The number of halogens is 2. The van der Waals surface area contributed by atoms with Gasteiger partial charge >= 0.3 is 0 Å². The molecule has 0 unspecified atom stereocenters. The molecular formula is C19H31FIN5O2. The van der Waals surface area contributed by atoms with E-state index >= 15 is 0 Å². The SMILES string of the molecule is CN(C)C(=O)CN=C(NCCc1ccccc1F)NCCN1CCOCC1.I. The van der Waals surface area contributed by atoms with Crippen LogP contribution in [0.3, 0.4) is 0 Å². The van der Waals surface area contributed by atoms with E-state index in [-0.39, 0.29) is 42.2 Å². The van der Waals surface area contributed by atoms with Gasteiger partial charge < -0.3 is 20.3 Å². The van der Waals surface area contributed by atoms with Gasteiger partial charge in [0.2, 0.25) is 5.91 Å². The maximum Gasteiger partial charge on any atom is 0.243 e. The summed E-state index contributed by atoms with van der Waals surface area (Å²) in [6, 6.07) is 6.73. The van der Waals surface area contributed by atoms with E-state index in [4.69, 9.17) is 4.74 Å². The lowest BCUT2D eigenvalue weighted by Gasteiger charge is -2.26. The van der Waals surface area contributed by atoms with Gasteiger partial charge in [0.15, 0.2) is 5.96 Å². The monoisotopic (exact) mass is 507 g/mol. The van der Waals surface area contributed by atoms with Crippen molar-refractivity contribution < 1.29 is 13.9 Å². The Kier molecular flexibility index (Phi) is 12.0. The van der Waals surface area contributed by atoms with Gasteiger partial charge in [0.05, 0.1) is 13.2 Å². The number of nitrogens with zero attached hydrogens (tertiary/aromatic N) is 3. The molecule has 1 aromatic rings. The van der Waals surface area contributed by atoms with E-state index in [0.717, 1.165) is 32.8 Å². The summed E-state index contributed by atoms with van der Waals surface area (Å²) < 4.78 is 19.1. The van der Waals surface area contributed by atoms with Crippen molar-refractivity contribution in [3.63, 3.8) is 0 Å². The van der Waals surface area contributed by atoms with Crippen molar-refractivity contribution in [2.45, 2.75) is 6.42 Å². The molecule has 0 aromatic heterocycles. The maximum absolute atomic E-state index is 13.7. The fourth-order valence-corrected chi connectivity index (χ4v) is 2.64. The van der Waals surface area contributed by atoms with Gasteiger partial charge in [-0.05, 0) is 18.1 Å². The highest BCUT2D eigenvalue weighted by Gasteiger charge is 2.10. The first-order chi connectivity index (χ1) is 13.1. The number of rotatable bonds is 8. The van der Waals surface area contributed by atoms with Crippen LogP contribution in [0.4, 0.5) is 4.39 Å². The van der Waals surface area contributed by atoms with Gasteiger partial charge in [0, 0.05) is 46.8 Å². The van der Waals surface area contributed by atoms with Crippen LogP contribution in [0.2, 0.25) is 0 Å². The molecule has 2 rings (SSSR count). The third-order valence-corrected chi connectivity index (χ3v) is 4.34. The van der Waals surface area contributed by atoms with E-state index in [1.165, 1.54) is 11.0 Å². The molecule has 0 spiro atoms. The zero-order valence-electron chi connectivity index (χ0n) is 16.6. The summed E-state index contributed by atoms with van der Waals surface area (Å²) in [7, 11) is 3.41. The molecule has 2 N–H and O–H groups in total. The number of amides is 1. The summed E-state index contributed by atoms with van der Waals surface area (Å²) in [6.07, 6.45) is 0.540. The fourth-order valence-electron chi connectivity index (χ4n) is 2.64. The first kappa shape index (κ1) is 24.6. The molecule has 1 aromatic carbocycles. The molecule has 0 aliphatic carbocycles. The predicted octanol–water partition coefficient (Wildman–Crippen LogP) is 0.942. The number of carbonyl (C=O) groups is 1. The molecule has 1 fully saturated rings. The maximum atomic E-state index is 13.7. The molecule has 9 heteroatoms. The fraction of sp³-hybridized carbons (Fsp3) is 0.579. The third kappa shape index (κ3) is 9.16. The Bertz CT molecular complexity index is 624. The summed E-state index contributed by atoms with van der Waals surface area (Å²) in [5, 5.41) is 6.44. The lowest BCUT2D eigenvalue weighted by molar-refractivity contribution is -0.127. The second-order valence-corrected chi connectivity index (χ2v) is 6.60. The van der Waals surface area contributed by atoms with Crippen molar-refractivity contribution in [3.05, 3.63) is 35.6 Å². The van der Waals surface area contributed by atoms with E-state index in [0.29, 0.717) is 31.0 Å². The average molecular weight is 507 g/mol. The number of likely N-dealkylation sites (N-methyl/N-ethyl adjacent to an activating group) is 1. The Balaban J connectivity index is 0.00000392. The predicted molar refractivity (Wildman–Crippen MR) is 120 cm³/mol. The minimum absolute atomic E-state index is 0. The summed E-state index contributed by atoms with van der Waals surface area (Å²) in [5.74, 6) is 0.286. The molecule has 1 aliphatic heterocycles. The smallest absolute Gasteiger partial charge is 0.243 e. The number of morpholine rings is 1. The largest absolute Gasteiger partial charge is 0.379 e. The molecule has 1 heterocycles. The zero-order chi connectivity index (χ0) is 19.5. The summed E-state index contributed by atoms with van der Waals surface area (Å²) in [5.41, 5.74) is 0.655. The second-order valence-electron chi connectivity index (χ2n) is 6.60. The Morgan fingerprint density at radius 3 is 2.57 bits per heavy atom. The lowest BCUT2D eigenvalue weighted by Crippen LogP contribution is -2.45. The number of carbonyl (C=O) groups excluding carboxylic acids is 1. The molecule has 1 saturated heterocycles. The standard InChI is InChI=1S/C19H30FN5O2.HI/c1-24(2)18(26)15-23-19(22-9-10-25-11-13-27-14-12-25)21-8-7-16-5-3-4-6-17(16)20;/h3-6H,7-15H2,1-2H3,(H2,21,22,23);1H. The number of hydrogen-bond acceptors (Lipinski definition) is 4. The third-order valence-electron chi connectivity index (χ3n) is 4.34. The highest BCUT2D eigenvalue weighted by molar-refractivity contribution is 14.0. The highest BCUT2D eigenvalue weighted by Crippen LogP contribution is 2.06. The number of nitrogens with one attached hydrogen (secondary N) is 2. The number of aliphatic imine (C=N–C) groups is 1. The summed E-state index contributed by atoms with van der Waals surface area (Å²) in [4.78, 5) is 20.0. The Morgan fingerprint density at radius 1 is 1.21 bits per heavy atom. The van der Waals surface area contributed by atoms with Crippen LogP contribution >= 0.6 is 24.0 Å². The highest BCUT2D eigenvalue weighted by atomic mass is 127. The van der Waals surface area contributed by atoms with E-state index < -0.39 is 0 Å². The lowest BCUT2D eigenvalue weighted by atomic mass is 10.1. The topological polar surface area (TPSA) is 69.2 Å². The average Bonchev–Trinajstić information content (AvgIpc) is 2.67. The van der Waals surface area contributed by atoms with Crippen LogP contribution in [-0.4, -0.2) is 88.2 Å². The molecule has 28 heavy (non-hydrogen) atoms. The van der Waals surface area contributed by atoms with Crippen LogP contribution in [0.1, 0.15) is 5.56 Å². The van der Waals surface area contributed by atoms with E-state index in [1.54, 1.807) is 26.2 Å². The van der Waals surface area contributed by atoms with Gasteiger partial charge in [-0.1, -0.05) is 18.2 Å². The van der Waals surface area contributed by atoms with Crippen LogP contribution < -0.4 is 10.6 Å². The van der Waals surface area contributed by atoms with Gasteiger partial charge in [-0.3, -0.25) is 9.69 Å². The molecule has 1 amide bonds. The molecule has 7 nitrogen and oxygen atoms in total. The molecular weight excluding hydrogens is 476 g/mol. The Hall–Kier alpha value is -1.46. The van der Waals surface area contributed by atoms with Crippen LogP contribution in [-0.2, 0) is 16.0 Å².